The molecule has 1 fully saturated rings. The highest BCUT2D eigenvalue weighted by Crippen LogP contribution is 2.28. The maximum absolute atomic E-state index is 5.67. The zero-order valence-electron chi connectivity index (χ0n) is 8.68. The van der Waals surface area contributed by atoms with Gasteiger partial charge in [0.1, 0.15) is 0 Å². The van der Waals surface area contributed by atoms with Gasteiger partial charge in [-0.2, -0.15) is 0 Å². The number of ether oxygens (including phenoxy) is 2. The minimum absolute atomic E-state index is 0.0380. The van der Waals surface area contributed by atoms with E-state index in [9.17, 15) is 0 Å². The van der Waals surface area contributed by atoms with Crippen LogP contribution in [0.5, 0.6) is 0 Å². The topological polar surface area (TPSA) is 18.5 Å². The second-order valence-electron chi connectivity index (χ2n) is 4.63. The van der Waals surface area contributed by atoms with E-state index in [0.29, 0.717) is 5.92 Å². The Morgan fingerprint density at radius 1 is 1.38 bits per heavy atom. The summed E-state index contributed by atoms with van der Waals surface area (Å²) < 4.78 is 12.4. The lowest BCUT2D eigenvalue weighted by molar-refractivity contribution is -0.225. The summed E-state index contributed by atoms with van der Waals surface area (Å²) in [6.07, 6.45) is 1.05. The molecule has 0 aromatic rings. The number of hydrogen-bond acceptors (Lipinski definition) is 2. The Balaban J connectivity index is 2.30. The Morgan fingerprint density at radius 2 is 1.92 bits per heavy atom. The monoisotopic (exact) mass is 298 g/mol. The van der Waals surface area contributed by atoms with Crippen LogP contribution in [-0.4, -0.2) is 23.9 Å². The molecule has 0 radical (unpaired) electrons. The van der Waals surface area contributed by atoms with Crippen LogP contribution in [0.3, 0.4) is 0 Å². The van der Waals surface area contributed by atoms with Gasteiger partial charge in [-0.05, 0) is 5.92 Å². The van der Waals surface area contributed by atoms with Crippen LogP contribution in [-0.2, 0) is 9.47 Å². The Hall–Kier alpha value is 0.650. The van der Waals surface area contributed by atoms with Crippen molar-refractivity contribution < 1.29 is 9.47 Å². The van der Waals surface area contributed by atoms with Gasteiger partial charge < -0.3 is 9.47 Å². The third-order valence-corrected chi connectivity index (χ3v) is 4.06. The van der Waals surface area contributed by atoms with Gasteiger partial charge in [-0.25, -0.2) is 0 Å². The van der Waals surface area contributed by atoms with Crippen LogP contribution < -0.4 is 0 Å². The van der Waals surface area contributed by atoms with Crippen molar-refractivity contribution in [3.63, 3.8) is 0 Å². The van der Waals surface area contributed by atoms with E-state index in [1.807, 2.05) is 0 Å². The molecule has 13 heavy (non-hydrogen) atoms. The van der Waals surface area contributed by atoms with Crippen molar-refractivity contribution in [1.29, 1.82) is 0 Å². The van der Waals surface area contributed by atoms with E-state index >= 15 is 0 Å². The summed E-state index contributed by atoms with van der Waals surface area (Å²) in [5, 5.41) is 0. The molecule has 0 spiro atoms. The van der Waals surface area contributed by atoms with Gasteiger partial charge in [0.15, 0.2) is 6.29 Å². The summed E-state index contributed by atoms with van der Waals surface area (Å²) in [6, 6.07) is 0. The lowest BCUT2D eigenvalue weighted by Gasteiger charge is -2.36. The first kappa shape index (κ1) is 11.7. The average molecular weight is 298 g/mol. The molecular weight excluding hydrogens is 279 g/mol. The smallest absolute Gasteiger partial charge is 0.157 e. The minimum atomic E-state index is 0.0380. The first-order valence-corrected chi connectivity index (χ1v) is 6.37. The van der Waals surface area contributed by atoms with E-state index in [4.69, 9.17) is 9.47 Å². The molecule has 78 valence electrons. The molecule has 3 heteroatoms. The fraction of sp³-hybridized carbons (Fsp3) is 1.00. The van der Waals surface area contributed by atoms with Gasteiger partial charge in [-0.1, -0.05) is 43.4 Å². The predicted molar refractivity (Wildman–Crippen MR) is 62.1 cm³/mol. The molecule has 0 N–H and O–H groups in total. The summed E-state index contributed by atoms with van der Waals surface area (Å²) in [6.45, 7) is 8.28. The highest BCUT2D eigenvalue weighted by molar-refractivity contribution is 14.1. The second-order valence-corrected chi connectivity index (χ2v) is 5.39. The summed E-state index contributed by atoms with van der Waals surface area (Å²) in [7, 11) is 0. The molecule has 1 saturated heterocycles. The largest absolute Gasteiger partial charge is 0.352 e. The SMILES string of the molecule is CC(C)CC1OCC(C)(CI)CO1. The molecule has 0 unspecified atom stereocenters. The summed E-state index contributed by atoms with van der Waals surface area (Å²) in [5.74, 6) is 0.647. The normalized spacial score (nSPS) is 35.3. The van der Waals surface area contributed by atoms with E-state index < -0.39 is 0 Å². The fourth-order valence-electron chi connectivity index (χ4n) is 1.28. The van der Waals surface area contributed by atoms with Crippen molar-refractivity contribution in [1.82, 2.24) is 0 Å². The molecule has 2 nitrogen and oxygen atoms in total. The number of hydrogen-bond donors (Lipinski definition) is 0. The van der Waals surface area contributed by atoms with Crippen LogP contribution in [0.2, 0.25) is 0 Å². The van der Waals surface area contributed by atoms with Crippen molar-refractivity contribution in [2.75, 3.05) is 17.6 Å². The van der Waals surface area contributed by atoms with E-state index in [1.54, 1.807) is 0 Å². The van der Waals surface area contributed by atoms with Crippen molar-refractivity contribution in [3.05, 3.63) is 0 Å². The molecule has 0 aliphatic carbocycles. The molecule has 0 amide bonds. The third-order valence-electron chi connectivity index (χ3n) is 2.22. The zero-order valence-corrected chi connectivity index (χ0v) is 10.8. The van der Waals surface area contributed by atoms with E-state index in [2.05, 4.69) is 43.4 Å². The van der Waals surface area contributed by atoms with Crippen molar-refractivity contribution >= 4 is 22.6 Å². The van der Waals surface area contributed by atoms with Gasteiger partial charge in [0.2, 0.25) is 0 Å². The van der Waals surface area contributed by atoms with Crippen LogP contribution in [0, 0.1) is 11.3 Å². The Kier molecular flexibility index (Phi) is 4.45. The number of halogens is 1. The van der Waals surface area contributed by atoms with Crippen LogP contribution >= 0.6 is 22.6 Å². The van der Waals surface area contributed by atoms with Crippen molar-refractivity contribution in [2.45, 2.75) is 33.5 Å². The molecule has 1 heterocycles. The average Bonchev–Trinajstić information content (AvgIpc) is 2.09. The second kappa shape index (κ2) is 4.94. The van der Waals surface area contributed by atoms with Gasteiger partial charge in [-0.3, -0.25) is 0 Å². The molecule has 1 aliphatic rings. The first-order valence-electron chi connectivity index (χ1n) is 4.85. The maximum Gasteiger partial charge on any atom is 0.157 e. The summed E-state index contributed by atoms with van der Waals surface area (Å²) in [5.41, 5.74) is 0.230. The van der Waals surface area contributed by atoms with Crippen LogP contribution in [0.1, 0.15) is 27.2 Å². The van der Waals surface area contributed by atoms with Gasteiger partial charge in [0.25, 0.3) is 0 Å². The highest BCUT2D eigenvalue weighted by Gasteiger charge is 2.31. The van der Waals surface area contributed by atoms with Crippen molar-refractivity contribution in [3.8, 4) is 0 Å². The summed E-state index contributed by atoms with van der Waals surface area (Å²) in [4.78, 5) is 0. The lowest BCUT2D eigenvalue weighted by atomic mass is 9.95. The molecule has 1 aliphatic heterocycles. The third kappa shape index (κ3) is 3.72. The Morgan fingerprint density at radius 3 is 2.31 bits per heavy atom. The molecule has 0 aromatic carbocycles. The van der Waals surface area contributed by atoms with E-state index in [1.165, 1.54) is 0 Å². The first-order chi connectivity index (χ1) is 6.06. The minimum Gasteiger partial charge on any atom is -0.352 e. The summed E-state index contributed by atoms with van der Waals surface area (Å²) >= 11 is 2.40. The van der Waals surface area contributed by atoms with E-state index in [-0.39, 0.29) is 11.7 Å². The lowest BCUT2D eigenvalue weighted by Crippen LogP contribution is -2.41. The molecule has 1 rings (SSSR count). The standard InChI is InChI=1S/C10H19IO2/c1-8(2)4-9-12-6-10(3,5-11)7-13-9/h8-9H,4-7H2,1-3H3. The predicted octanol–water partition coefficient (Wildman–Crippen LogP) is 2.85. The van der Waals surface area contributed by atoms with Gasteiger partial charge >= 0.3 is 0 Å². The maximum atomic E-state index is 5.67. The zero-order chi connectivity index (χ0) is 9.90. The van der Waals surface area contributed by atoms with Gasteiger partial charge in [-0.15, -0.1) is 0 Å². The highest BCUT2D eigenvalue weighted by atomic mass is 127. The fourth-order valence-corrected chi connectivity index (χ4v) is 1.72. The van der Waals surface area contributed by atoms with Crippen LogP contribution in [0.15, 0.2) is 0 Å². The molecule has 0 atom stereocenters. The molecule has 0 saturated carbocycles. The van der Waals surface area contributed by atoms with Gasteiger partial charge in [0, 0.05) is 16.3 Å². The van der Waals surface area contributed by atoms with E-state index in [0.717, 1.165) is 24.1 Å². The van der Waals surface area contributed by atoms with Crippen molar-refractivity contribution in [2.24, 2.45) is 11.3 Å². The van der Waals surface area contributed by atoms with Gasteiger partial charge in [0.05, 0.1) is 13.2 Å². The number of alkyl halides is 1. The quantitative estimate of drug-likeness (QED) is 0.589. The molecule has 0 aromatic heterocycles. The molecule has 0 bridgehead atoms. The van der Waals surface area contributed by atoms with Crippen LogP contribution in [0.25, 0.3) is 0 Å². The molecular formula is C10H19IO2. The number of rotatable bonds is 3. The van der Waals surface area contributed by atoms with Crippen LogP contribution in [0.4, 0.5) is 0 Å². The Labute approximate surface area is 94.5 Å². The Bertz CT molecular complexity index is 151.